The fourth-order valence-electron chi connectivity index (χ4n) is 1.42. The first-order valence-corrected chi connectivity index (χ1v) is 5.83. The van der Waals surface area contributed by atoms with E-state index < -0.39 is 0 Å². The molecular formula is C9H17NOS. The highest BCUT2D eigenvalue weighted by Crippen LogP contribution is 2.14. The van der Waals surface area contributed by atoms with Crippen LogP contribution in [0.15, 0.2) is 0 Å². The van der Waals surface area contributed by atoms with Crippen LogP contribution in [0.3, 0.4) is 0 Å². The highest BCUT2D eigenvalue weighted by Gasteiger charge is 2.18. The summed E-state index contributed by atoms with van der Waals surface area (Å²) in [6.45, 7) is 4.08. The molecule has 0 saturated carbocycles. The second kappa shape index (κ2) is 4.75. The van der Waals surface area contributed by atoms with Gasteiger partial charge in [-0.05, 0) is 19.1 Å². The number of likely N-dealkylation sites (tertiary alicyclic amines) is 1. The average molecular weight is 187 g/mol. The minimum Gasteiger partial charge on any atom is -0.343 e. The van der Waals surface area contributed by atoms with E-state index in [1.54, 1.807) is 11.8 Å². The van der Waals surface area contributed by atoms with Gasteiger partial charge in [0.25, 0.3) is 0 Å². The summed E-state index contributed by atoms with van der Waals surface area (Å²) in [5, 5.41) is 0.470. The van der Waals surface area contributed by atoms with Gasteiger partial charge in [0.15, 0.2) is 0 Å². The van der Waals surface area contributed by atoms with Crippen LogP contribution in [0.5, 0.6) is 0 Å². The van der Waals surface area contributed by atoms with Crippen LogP contribution in [0.2, 0.25) is 0 Å². The predicted molar refractivity (Wildman–Crippen MR) is 53.4 cm³/mol. The SMILES string of the molecule is CS[C@H](C)CC(=O)N1CCCC1. The summed E-state index contributed by atoms with van der Waals surface area (Å²) >= 11 is 1.76. The third-order valence-corrected chi connectivity index (χ3v) is 3.29. The normalized spacial score (nSPS) is 19.7. The van der Waals surface area contributed by atoms with Gasteiger partial charge >= 0.3 is 0 Å². The Labute approximate surface area is 78.7 Å². The van der Waals surface area contributed by atoms with Gasteiger partial charge in [-0.1, -0.05) is 6.92 Å². The van der Waals surface area contributed by atoms with Crippen molar-refractivity contribution in [2.75, 3.05) is 19.3 Å². The van der Waals surface area contributed by atoms with Crippen molar-refractivity contribution >= 4 is 17.7 Å². The Morgan fingerprint density at radius 3 is 2.58 bits per heavy atom. The Hall–Kier alpha value is -0.180. The van der Waals surface area contributed by atoms with Gasteiger partial charge in [-0.25, -0.2) is 0 Å². The van der Waals surface area contributed by atoms with E-state index in [2.05, 4.69) is 13.2 Å². The molecule has 1 atom stereocenters. The number of hydrogen-bond acceptors (Lipinski definition) is 2. The van der Waals surface area contributed by atoms with Crippen molar-refractivity contribution in [1.82, 2.24) is 4.90 Å². The molecule has 0 aliphatic carbocycles. The predicted octanol–water partition coefficient (Wildman–Crippen LogP) is 1.75. The molecule has 2 nitrogen and oxygen atoms in total. The molecule has 0 aromatic heterocycles. The van der Waals surface area contributed by atoms with Crippen LogP contribution in [0.4, 0.5) is 0 Å². The molecule has 70 valence electrons. The Morgan fingerprint density at radius 1 is 1.50 bits per heavy atom. The molecule has 0 aromatic rings. The summed E-state index contributed by atoms with van der Waals surface area (Å²) in [5.74, 6) is 0.342. The van der Waals surface area contributed by atoms with Crippen molar-refractivity contribution in [2.45, 2.75) is 31.4 Å². The van der Waals surface area contributed by atoms with Crippen LogP contribution < -0.4 is 0 Å². The lowest BCUT2D eigenvalue weighted by Crippen LogP contribution is -2.29. The molecule has 0 radical (unpaired) electrons. The fourth-order valence-corrected chi connectivity index (χ4v) is 1.73. The van der Waals surface area contributed by atoms with Gasteiger partial charge in [-0.2, -0.15) is 11.8 Å². The van der Waals surface area contributed by atoms with E-state index in [-0.39, 0.29) is 0 Å². The number of rotatable bonds is 3. The summed E-state index contributed by atoms with van der Waals surface area (Å²) < 4.78 is 0. The lowest BCUT2D eigenvalue weighted by molar-refractivity contribution is -0.130. The van der Waals surface area contributed by atoms with E-state index in [4.69, 9.17) is 0 Å². The van der Waals surface area contributed by atoms with Gasteiger partial charge < -0.3 is 4.90 Å². The summed E-state index contributed by atoms with van der Waals surface area (Å²) in [6, 6.07) is 0. The third-order valence-electron chi connectivity index (χ3n) is 2.32. The zero-order valence-electron chi connectivity index (χ0n) is 7.88. The minimum absolute atomic E-state index is 0.342. The topological polar surface area (TPSA) is 20.3 Å². The number of amides is 1. The van der Waals surface area contributed by atoms with Gasteiger partial charge in [-0.3, -0.25) is 4.79 Å². The highest BCUT2D eigenvalue weighted by atomic mass is 32.2. The van der Waals surface area contributed by atoms with E-state index in [1.165, 1.54) is 12.8 Å². The molecule has 1 rings (SSSR count). The number of hydrogen-bond donors (Lipinski definition) is 0. The molecule has 12 heavy (non-hydrogen) atoms. The second-order valence-corrected chi connectivity index (χ2v) is 4.61. The zero-order valence-corrected chi connectivity index (χ0v) is 8.69. The van der Waals surface area contributed by atoms with Gasteiger partial charge in [0, 0.05) is 24.8 Å². The number of carbonyl (C=O) groups excluding carboxylic acids is 1. The monoisotopic (exact) mass is 187 g/mol. The van der Waals surface area contributed by atoms with E-state index in [9.17, 15) is 4.79 Å². The van der Waals surface area contributed by atoms with Gasteiger partial charge in [0.2, 0.25) is 5.91 Å². The third kappa shape index (κ3) is 2.70. The van der Waals surface area contributed by atoms with E-state index in [0.29, 0.717) is 17.6 Å². The van der Waals surface area contributed by atoms with E-state index in [1.807, 2.05) is 4.90 Å². The standard InChI is InChI=1S/C9H17NOS/c1-8(12-2)7-9(11)10-5-3-4-6-10/h8H,3-7H2,1-2H3/t8-/m1/s1. The summed E-state index contributed by atoms with van der Waals surface area (Å²) in [6.07, 6.45) is 5.15. The Bertz CT molecular complexity index is 155. The molecular weight excluding hydrogens is 170 g/mol. The van der Waals surface area contributed by atoms with Crippen LogP contribution in [-0.4, -0.2) is 35.4 Å². The lowest BCUT2D eigenvalue weighted by Gasteiger charge is -2.17. The molecule has 1 aliphatic heterocycles. The molecule has 0 aromatic carbocycles. The number of carbonyl (C=O) groups is 1. The van der Waals surface area contributed by atoms with Gasteiger partial charge in [-0.15, -0.1) is 0 Å². The van der Waals surface area contributed by atoms with E-state index >= 15 is 0 Å². The Balaban J connectivity index is 2.27. The quantitative estimate of drug-likeness (QED) is 0.671. The van der Waals surface area contributed by atoms with Crippen LogP contribution >= 0.6 is 11.8 Å². The van der Waals surface area contributed by atoms with E-state index in [0.717, 1.165) is 13.1 Å². The number of nitrogens with zero attached hydrogens (tertiary/aromatic N) is 1. The molecule has 0 unspecified atom stereocenters. The van der Waals surface area contributed by atoms with Crippen LogP contribution in [-0.2, 0) is 4.79 Å². The molecule has 1 aliphatic rings. The summed E-state index contributed by atoms with van der Waals surface area (Å²) in [5.41, 5.74) is 0. The molecule has 1 saturated heterocycles. The smallest absolute Gasteiger partial charge is 0.223 e. The van der Waals surface area contributed by atoms with Crippen LogP contribution in [0, 0.1) is 0 Å². The average Bonchev–Trinajstić information content (AvgIpc) is 2.56. The van der Waals surface area contributed by atoms with Crippen molar-refractivity contribution < 1.29 is 4.79 Å². The molecule has 1 fully saturated rings. The van der Waals surface area contributed by atoms with Gasteiger partial charge in [0.05, 0.1) is 0 Å². The first kappa shape index (κ1) is 9.90. The largest absolute Gasteiger partial charge is 0.343 e. The van der Waals surface area contributed by atoms with Crippen molar-refractivity contribution in [2.24, 2.45) is 0 Å². The second-order valence-electron chi connectivity index (χ2n) is 3.34. The molecule has 0 spiro atoms. The number of thioether (sulfide) groups is 1. The zero-order chi connectivity index (χ0) is 8.97. The van der Waals surface area contributed by atoms with Crippen molar-refractivity contribution in [3.8, 4) is 0 Å². The molecule has 1 heterocycles. The Kier molecular flexibility index (Phi) is 3.92. The molecule has 3 heteroatoms. The first-order valence-electron chi connectivity index (χ1n) is 4.54. The maximum absolute atomic E-state index is 11.5. The summed E-state index contributed by atoms with van der Waals surface area (Å²) in [4.78, 5) is 13.5. The minimum atomic E-state index is 0.342. The summed E-state index contributed by atoms with van der Waals surface area (Å²) in [7, 11) is 0. The Morgan fingerprint density at radius 2 is 2.08 bits per heavy atom. The van der Waals surface area contributed by atoms with Crippen LogP contribution in [0.1, 0.15) is 26.2 Å². The van der Waals surface area contributed by atoms with Crippen LogP contribution in [0.25, 0.3) is 0 Å². The maximum Gasteiger partial charge on any atom is 0.223 e. The van der Waals surface area contributed by atoms with Gasteiger partial charge in [0.1, 0.15) is 0 Å². The first-order chi connectivity index (χ1) is 5.74. The van der Waals surface area contributed by atoms with Crippen molar-refractivity contribution in [3.05, 3.63) is 0 Å². The fraction of sp³-hybridized carbons (Fsp3) is 0.889. The molecule has 0 N–H and O–H groups in total. The molecule has 0 bridgehead atoms. The lowest BCUT2D eigenvalue weighted by atomic mass is 10.3. The highest BCUT2D eigenvalue weighted by molar-refractivity contribution is 7.99. The maximum atomic E-state index is 11.5. The van der Waals surface area contributed by atoms with Crippen molar-refractivity contribution in [3.63, 3.8) is 0 Å². The van der Waals surface area contributed by atoms with Crippen molar-refractivity contribution in [1.29, 1.82) is 0 Å². The molecule has 1 amide bonds.